The van der Waals surface area contributed by atoms with Crippen LogP contribution in [0.15, 0.2) is 185 Å². The van der Waals surface area contributed by atoms with Crippen molar-refractivity contribution in [1.29, 1.82) is 0 Å². The molecule has 0 saturated carbocycles. The normalized spacial score (nSPS) is 11.9. The first-order valence-electron chi connectivity index (χ1n) is 18.9. The number of benzene rings is 8. The number of hydrogen-bond donors (Lipinski definition) is 0. The fourth-order valence-corrected chi connectivity index (χ4v) is 9.66. The quantitative estimate of drug-likeness (QED) is 0.175. The maximum atomic E-state index is 6.83. The Kier molecular flexibility index (Phi) is 7.03. The molecule has 0 aliphatic rings. The zero-order chi connectivity index (χ0) is 37.5. The van der Waals surface area contributed by atoms with Gasteiger partial charge in [-0.3, -0.25) is 0 Å². The topological polar surface area (TPSA) is 65.0 Å². The van der Waals surface area contributed by atoms with Gasteiger partial charge in [-0.25, -0.2) is 15.0 Å². The lowest BCUT2D eigenvalue weighted by molar-refractivity contribution is 0.669. The van der Waals surface area contributed by atoms with Crippen molar-refractivity contribution in [2.45, 2.75) is 0 Å². The van der Waals surface area contributed by atoms with Crippen molar-refractivity contribution in [2.75, 3.05) is 0 Å². The van der Waals surface area contributed by atoms with E-state index in [4.69, 9.17) is 23.8 Å². The van der Waals surface area contributed by atoms with Gasteiger partial charge in [-0.1, -0.05) is 152 Å². The summed E-state index contributed by atoms with van der Waals surface area (Å²) in [6.07, 6.45) is 0. The van der Waals surface area contributed by atoms with Gasteiger partial charge in [0.15, 0.2) is 17.5 Å². The molecule has 4 aromatic heterocycles. The average molecular weight is 748 g/mol. The molecule has 57 heavy (non-hydrogen) atoms. The molecule has 0 unspecified atom stereocenters. The Morgan fingerprint density at radius 3 is 1.65 bits per heavy atom. The average Bonchev–Trinajstić information content (AvgIpc) is 3.98. The highest BCUT2D eigenvalue weighted by Crippen LogP contribution is 2.49. The summed E-state index contributed by atoms with van der Waals surface area (Å²) in [7, 11) is 0. The first kappa shape index (κ1) is 31.9. The smallest absolute Gasteiger partial charge is 0.167 e. The molecular formula is C51H29N3O2S. The van der Waals surface area contributed by atoms with E-state index in [1.807, 2.05) is 90.2 Å². The summed E-state index contributed by atoms with van der Waals surface area (Å²) in [5, 5.41) is 6.75. The van der Waals surface area contributed by atoms with Crippen LogP contribution in [0, 0.1) is 0 Å². The summed E-state index contributed by atoms with van der Waals surface area (Å²) < 4.78 is 15.9. The molecule has 0 fully saturated rings. The van der Waals surface area contributed by atoms with Gasteiger partial charge in [-0.15, -0.1) is 11.3 Å². The molecule has 12 aromatic rings. The van der Waals surface area contributed by atoms with Crippen molar-refractivity contribution < 1.29 is 8.83 Å². The second-order valence-electron chi connectivity index (χ2n) is 14.2. The molecule has 0 aliphatic heterocycles. The monoisotopic (exact) mass is 747 g/mol. The maximum Gasteiger partial charge on any atom is 0.167 e. The molecule has 8 aromatic carbocycles. The third-order valence-corrected chi connectivity index (χ3v) is 12.2. The number of rotatable bonds is 5. The van der Waals surface area contributed by atoms with E-state index in [-0.39, 0.29) is 0 Å². The zero-order valence-corrected chi connectivity index (χ0v) is 31.1. The second kappa shape index (κ2) is 12.6. The number of fused-ring (bicyclic) bond motifs is 9. The van der Waals surface area contributed by atoms with E-state index in [1.54, 1.807) is 0 Å². The van der Waals surface area contributed by atoms with Gasteiger partial charge in [0.05, 0.1) is 5.56 Å². The van der Waals surface area contributed by atoms with Crippen LogP contribution in [0.25, 0.3) is 120 Å². The fraction of sp³-hybridized carbons (Fsp3) is 0. The van der Waals surface area contributed by atoms with E-state index in [9.17, 15) is 0 Å². The van der Waals surface area contributed by atoms with Crippen LogP contribution in [0.3, 0.4) is 0 Å². The number of para-hydroxylation sites is 3. The lowest BCUT2D eigenvalue weighted by atomic mass is 9.92. The summed E-state index contributed by atoms with van der Waals surface area (Å²) in [4.78, 5) is 15.0. The molecule has 0 atom stereocenters. The number of nitrogens with zero attached hydrogens (tertiary/aromatic N) is 3. The molecule has 0 saturated heterocycles. The molecule has 266 valence electrons. The van der Waals surface area contributed by atoms with Crippen molar-refractivity contribution in [3.05, 3.63) is 176 Å². The van der Waals surface area contributed by atoms with Gasteiger partial charge in [-0.05, 0) is 35.4 Å². The highest BCUT2D eigenvalue weighted by atomic mass is 32.1. The van der Waals surface area contributed by atoms with E-state index in [2.05, 4.69) is 97.1 Å². The summed E-state index contributed by atoms with van der Waals surface area (Å²) in [6.45, 7) is 0. The lowest BCUT2D eigenvalue weighted by Gasteiger charge is -2.11. The van der Waals surface area contributed by atoms with Crippen molar-refractivity contribution >= 4 is 75.4 Å². The van der Waals surface area contributed by atoms with Crippen molar-refractivity contribution in [3.8, 4) is 56.4 Å². The predicted molar refractivity (Wildman–Crippen MR) is 234 cm³/mol. The molecule has 5 nitrogen and oxygen atoms in total. The molecule has 0 radical (unpaired) electrons. The third-order valence-electron chi connectivity index (χ3n) is 11.0. The molecule has 0 N–H and O–H groups in total. The third kappa shape index (κ3) is 4.98. The Morgan fingerprint density at radius 2 is 0.860 bits per heavy atom. The Labute approximate surface area is 330 Å². The summed E-state index contributed by atoms with van der Waals surface area (Å²) in [6, 6.07) is 60.7. The van der Waals surface area contributed by atoms with Gasteiger partial charge in [0, 0.05) is 64.0 Å². The first-order chi connectivity index (χ1) is 28.3. The van der Waals surface area contributed by atoms with Gasteiger partial charge in [0.25, 0.3) is 0 Å². The first-order valence-corrected chi connectivity index (χ1v) is 19.8. The predicted octanol–water partition coefficient (Wildman–Crippen LogP) is 14.4. The van der Waals surface area contributed by atoms with Crippen LogP contribution in [-0.4, -0.2) is 15.0 Å². The van der Waals surface area contributed by atoms with Gasteiger partial charge in [0.2, 0.25) is 0 Å². The minimum absolute atomic E-state index is 0.559. The molecular weight excluding hydrogens is 719 g/mol. The molecule has 0 amide bonds. The number of hydrogen-bond acceptors (Lipinski definition) is 6. The number of furan rings is 2. The Bertz CT molecular complexity index is 3470. The minimum atomic E-state index is 0.559. The largest absolute Gasteiger partial charge is 0.455 e. The Balaban J connectivity index is 1.09. The molecule has 12 rings (SSSR count). The number of aromatic nitrogens is 3. The van der Waals surface area contributed by atoms with E-state index in [1.165, 1.54) is 20.2 Å². The summed E-state index contributed by atoms with van der Waals surface area (Å²) in [5.74, 6) is 1.78. The van der Waals surface area contributed by atoms with Crippen LogP contribution in [0.1, 0.15) is 0 Å². The van der Waals surface area contributed by atoms with Gasteiger partial charge in [-0.2, -0.15) is 0 Å². The molecule has 0 spiro atoms. The lowest BCUT2D eigenvalue weighted by Crippen LogP contribution is -2.00. The maximum absolute atomic E-state index is 6.83. The van der Waals surface area contributed by atoms with Gasteiger partial charge >= 0.3 is 0 Å². The van der Waals surface area contributed by atoms with Gasteiger partial charge in [0.1, 0.15) is 22.3 Å². The van der Waals surface area contributed by atoms with Crippen LogP contribution in [0.4, 0.5) is 0 Å². The summed E-state index contributed by atoms with van der Waals surface area (Å²) >= 11 is 1.83. The van der Waals surface area contributed by atoms with Crippen LogP contribution >= 0.6 is 11.3 Å². The van der Waals surface area contributed by atoms with E-state index in [0.717, 1.165) is 82.8 Å². The van der Waals surface area contributed by atoms with Crippen LogP contribution in [0.5, 0.6) is 0 Å². The highest BCUT2D eigenvalue weighted by molar-refractivity contribution is 7.26. The van der Waals surface area contributed by atoms with Crippen molar-refractivity contribution in [1.82, 2.24) is 15.0 Å². The molecule has 6 heteroatoms. The number of thiophene rings is 1. The van der Waals surface area contributed by atoms with Crippen LogP contribution < -0.4 is 0 Å². The SMILES string of the molecule is c1ccc(-c2nc(-c3ccccc3)nc(-c3cccc4c3oc3cccc(-c5ccc(-c6cccc7c6oc6ccccc67)c6sc7ccccc7c56)c34)n2)cc1. The molecule has 4 heterocycles. The van der Waals surface area contributed by atoms with Crippen LogP contribution in [0.2, 0.25) is 0 Å². The standard InChI is InChI=1S/C51H29N3O2S/c1-3-14-30(15-4-1)49-52-50(31-16-5-2-6-17-31)54-51(53-49)40-24-12-23-39-44-33(20-13-26-42(44)56-47(39)40)34-28-29-37(48-45(34)38-19-8-10-27-43(38)57-48)36-22-11-21-35-32-18-7-9-25-41(32)55-46(35)36/h1-29H. The van der Waals surface area contributed by atoms with E-state index >= 15 is 0 Å². The summed E-state index contributed by atoms with van der Waals surface area (Å²) in [5.41, 5.74) is 10.5. The van der Waals surface area contributed by atoms with E-state index in [0.29, 0.717) is 17.5 Å². The van der Waals surface area contributed by atoms with E-state index < -0.39 is 0 Å². The Hall–Kier alpha value is -7.41. The van der Waals surface area contributed by atoms with Gasteiger partial charge < -0.3 is 8.83 Å². The Morgan fingerprint density at radius 1 is 0.333 bits per heavy atom. The van der Waals surface area contributed by atoms with Crippen molar-refractivity contribution in [2.24, 2.45) is 0 Å². The second-order valence-corrected chi connectivity index (χ2v) is 15.3. The van der Waals surface area contributed by atoms with Crippen molar-refractivity contribution in [3.63, 3.8) is 0 Å². The molecule has 0 bridgehead atoms. The fourth-order valence-electron chi connectivity index (χ4n) is 8.40. The molecule has 0 aliphatic carbocycles. The highest BCUT2D eigenvalue weighted by Gasteiger charge is 2.23. The minimum Gasteiger partial charge on any atom is -0.455 e. The zero-order valence-electron chi connectivity index (χ0n) is 30.3. The van der Waals surface area contributed by atoms with Crippen LogP contribution in [-0.2, 0) is 0 Å².